The zero-order valence-corrected chi connectivity index (χ0v) is 13.0. The third-order valence-corrected chi connectivity index (χ3v) is 3.14. The summed E-state index contributed by atoms with van der Waals surface area (Å²) >= 11 is 0. The van der Waals surface area contributed by atoms with Gasteiger partial charge in [-0.2, -0.15) is 0 Å². The van der Waals surface area contributed by atoms with Crippen LogP contribution in [0.1, 0.15) is 36.2 Å². The van der Waals surface area contributed by atoms with Crippen molar-refractivity contribution in [2.24, 2.45) is 0 Å². The topological polar surface area (TPSA) is 88.3 Å². The number of halogens is 1. The monoisotopic (exact) mass is 320 g/mol. The highest BCUT2D eigenvalue weighted by Crippen LogP contribution is 2.20. The van der Waals surface area contributed by atoms with Crippen LogP contribution in [0, 0.1) is 5.82 Å². The van der Waals surface area contributed by atoms with E-state index in [9.17, 15) is 14.0 Å². The molecule has 0 radical (unpaired) electrons. The van der Waals surface area contributed by atoms with E-state index in [4.69, 9.17) is 5.11 Å². The van der Waals surface area contributed by atoms with Crippen LogP contribution in [0.5, 0.6) is 0 Å². The van der Waals surface area contributed by atoms with Crippen LogP contribution in [0.4, 0.5) is 4.39 Å². The average Bonchev–Trinajstić information content (AvgIpc) is 2.91. The SMILES string of the molecule is CC(C)c1nc(C(=O)N(C)CC(=O)O)nn1-c1ccccc1F. The first-order valence-corrected chi connectivity index (χ1v) is 7.00. The molecule has 0 fully saturated rings. The minimum Gasteiger partial charge on any atom is -0.480 e. The Morgan fingerprint density at radius 1 is 1.35 bits per heavy atom. The summed E-state index contributed by atoms with van der Waals surface area (Å²) < 4.78 is 15.3. The van der Waals surface area contributed by atoms with Gasteiger partial charge < -0.3 is 10.0 Å². The van der Waals surface area contributed by atoms with Crippen LogP contribution >= 0.6 is 0 Å². The summed E-state index contributed by atoms with van der Waals surface area (Å²) in [5.41, 5.74) is 0.184. The first-order valence-electron chi connectivity index (χ1n) is 7.00. The van der Waals surface area contributed by atoms with Crippen LogP contribution in [-0.2, 0) is 4.79 Å². The molecule has 122 valence electrons. The van der Waals surface area contributed by atoms with Crippen molar-refractivity contribution in [2.45, 2.75) is 19.8 Å². The fraction of sp³-hybridized carbons (Fsp3) is 0.333. The van der Waals surface area contributed by atoms with Crippen LogP contribution in [0.25, 0.3) is 5.69 Å². The van der Waals surface area contributed by atoms with E-state index in [-0.39, 0.29) is 17.4 Å². The van der Waals surface area contributed by atoms with Crippen molar-refractivity contribution in [3.8, 4) is 5.69 Å². The molecule has 7 nitrogen and oxygen atoms in total. The Bertz CT molecular complexity index is 742. The van der Waals surface area contributed by atoms with Gasteiger partial charge in [0, 0.05) is 13.0 Å². The van der Waals surface area contributed by atoms with Crippen molar-refractivity contribution in [1.82, 2.24) is 19.7 Å². The van der Waals surface area contributed by atoms with Crippen molar-refractivity contribution in [2.75, 3.05) is 13.6 Å². The Hall–Kier alpha value is -2.77. The van der Waals surface area contributed by atoms with Crippen molar-refractivity contribution in [3.05, 3.63) is 41.7 Å². The van der Waals surface area contributed by atoms with Crippen molar-refractivity contribution in [3.63, 3.8) is 0 Å². The predicted molar refractivity (Wildman–Crippen MR) is 80.0 cm³/mol. The molecule has 0 saturated carbocycles. The summed E-state index contributed by atoms with van der Waals surface area (Å²) in [7, 11) is 1.34. The lowest BCUT2D eigenvalue weighted by molar-refractivity contribution is -0.137. The van der Waals surface area contributed by atoms with Gasteiger partial charge in [0.05, 0.1) is 0 Å². The molecule has 1 aromatic carbocycles. The number of benzene rings is 1. The molecule has 0 aliphatic carbocycles. The Kier molecular flexibility index (Phi) is 4.73. The Balaban J connectivity index is 2.46. The number of likely N-dealkylation sites (N-methyl/N-ethyl adjacent to an activating group) is 1. The molecule has 23 heavy (non-hydrogen) atoms. The minimum atomic E-state index is -1.14. The molecular formula is C15H17FN4O3. The van der Waals surface area contributed by atoms with Gasteiger partial charge in [0.15, 0.2) is 0 Å². The van der Waals surface area contributed by atoms with E-state index in [1.54, 1.807) is 12.1 Å². The second-order valence-corrected chi connectivity index (χ2v) is 5.37. The van der Waals surface area contributed by atoms with Crippen molar-refractivity contribution < 1.29 is 19.1 Å². The molecule has 2 aromatic rings. The third kappa shape index (κ3) is 3.53. The number of para-hydroxylation sites is 1. The summed E-state index contributed by atoms with van der Waals surface area (Å²) in [5, 5.41) is 12.8. The lowest BCUT2D eigenvalue weighted by Gasteiger charge is -2.11. The summed E-state index contributed by atoms with van der Waals surface area (Å²) in [6, 6.07) is 6.03. The van der Waals surface area contributed by atoms with Crippen LogP contribution < -0.4 is 0 Å². The zero-order valence-electron chi connectivity index (χ0n) is 13.0. The van der Waals surface area contributed by atoms with E-state index in [2.05, 4.69) is 10.1 Å². The molecule has 0 saturated heterocycles. The first kappa shape index (κ1) is 16.6. The van der Waals surface area contributed by atoms with Gasteiger partial charge in [-0.1, -0.05) is 26.0 Å². The molecule has 1 aromatic heterocycles. The van der Waals surface area contributed by atoms with Gasteiger partial charge in [-0.25, -0.2) is 14.1 Å². The molecule has 0 unspecified atom stereocenters. The van der Waals surface area contributed by atoms with E-state index in [0.717, 1.165) is 4.90 Å². The lowest BCUT2D eigenvalue weighted by atomic mass is 10.2. The molecule has 0 aliphatic rings. The standard InChI is InChI=1S/C15H17FN4O3/c1-9(2)14-17-13(15(23)19(3)8-12(21)22)18-20(14)11-7-5-4-6-10(11)16/h4-7,9H,8H2,1-3H3,(H,21,22). The smallest absolute Gasteiger partial charge is 0.323 e. The van der Waals surface area contributed by atoms with Gasteiger partial charge in [-0.05, 0) is 12.1 Å². The third-order valence-electron chi connectivity index (χ3n) is 3.14. The minimum absolute atomic E-state index is 0.103. The fourth-order valence-electron chi connectivity index (χ4n) is 2.03. The van der Waals surface area contributed by atoms with Crippen LogP contribution in [-0.4, -0.2) is 50.2 Å². The number of hydrogen-bond acceptors (Lipinski definition) is 4. The molecule has 0 spiro atoms. The maximum atomic E-state index is 14.0. The number of nitrogens with zero attached hydrogens (tertiary/aromatic N) is 4. The highest BCUT2D eigenvalue weighted by atomic mass is 19.1. The van der Waals surface area contributed by atoms with Crippen molar-refractivity contribution >= 4 is 11.9 Å². The molecule has 2 rings (SSSR count). The molecule has 8 heteroatoms. The molecule has 0 atom stereocenters. The Morgan fingerprint density at radius 2 is 2.00 bits per heavy atom. The molecule has 1 amide bonds. The number of carboxylic acids is 1. The summed E-state index contributed by atoms with van der Waals surface area (Å²) in [6.45, 7) is 3.22. The van der Waals surface area contributed by atoms with Gasteiger partial charge in [0.25, 0.3) is 5.91 Å². The second kappa shape index (κ2) is 6.55. The molecule has 0 bridgehead atoms. The molecule has 1 heterocycles. The normalized spacial score (nSPS) is 10.8. The first-order chi connectivity index (χ1) is 10.8. The number of carboxylic acid groups (broad SMARTS) is 1. The predicted octanol–water partition coefficient (Wildman–Crippen LogP) is 1.69. The largest absolute Gasteiger partial charge is 0.480 e. The number of rotatable bonds is 5. The second-order valence-electron chi connectivity index (χ2n) is 5.37. The number of carbonyl (C=O) groups is 2. The number of hydrogen-bond donors (Lipinski definition) is 1. The van der Waals surface area contributed by atoms with E-state index >= 15 is 0 Å². The van der Waals surface area contributed by atoms with Gasteiger partial charge >= 0.3 is 5.97 Å². The van der Waals surface area contributed by atoms with Gasteiger partial charge in [-0.15, -0.1) is 5.10 Å². The van der Waals surface area contributed by atoms with Crippen LogP contribution in [0.15, 0.2) is 24.3 Å². The van der Waals surface area contributed by atoms with Gasteiger partial charge in [0.1, 0.15) is 23.9 Å². The Morgan fingerprint density at radius 3 is 2.57 bits per heavy atom. The quantitative estimate of drug-likeness (QED) is 0.905. The average molecular weight is 320 g/mol. The number of aliphatic carboxylic acids is 1. The molecular weight excluding hydrogens is 303 g/mol. The zero-order chi connectivity index (χ0) is 17.1. The van der Waals surface area contributed by atoms with E-state index < -0.39 is 24.2 Å². The Labute approximate surface area is 132 Å². The van der Waals surface area contributed by atoms with E-state index in [1.807, 2.05) is 13.8 Å². The maximum Gasteiger partial charge on any atom is 0.323 e. The maximum absolute atomic E-state index is 14.0. The summed E-state index contributed by atoms with van der Waals surface area (Å²) in [5.74, 6) is -2.11. The number of aromatic nitrogens is 3. The summed E-state index contributed by atoms with van der Waals surface area (Å²) in [4.78, 5) is 28.1. The number of carbonyl (C=O) groups excluding carboxylic acids is 1. The molecule has 0 aliphatic heterocycles. The van der Waals surface area contributed by atoms with E-state index in [1.165, 1.54) is 23.9 Å². The lowest BCUT2D eigenvalue weighted by Crippen LogP contribution is -2.32. The van der Waals surface area contributed by atoms with Crippen LogP contribution in [0.3, 0.4) is 0 Å². The molecule has 1 N–H and O–H groups in total. The fourth-order valence-corrected chi connectivity index (χ4v) is 2.03. The number of amides is 1. The van der Waals surface area contributed by atoms with Crippen LogP contribution in [0.2, 0.25) is 0 Å². The van der Waals surface area contributed by atoms with Gasteiger partial charge in [-0.3, -0.25) is 9.59 Å². The van der Waals surface area contributed by atoms with Gasteiger partial charge in [0.2, 0.25) is 5.82 Å². The highest BCUT2D eigenvalue weighted by molar-refractivity contribution is 5.92. The highest BCUT2D eigenvalue weighted by Gasteiger charge is 2.23. The van der Waals surface area contributed by atoms with E-state index in [0.29, 0.717) is 5.82 Å². The van der Waals surface area contributed by atoms with Crippen molar-refractivity contribution in [1.29, 1.82) is 0 Å². The summed E-state index contributed by atoms with van der Waals surface area (Å²) in [6.07, 6.45) is 0.